The maximum absolute atomic E-state index is 12.1. The number of rotatable bonds is 7. The number of aromatic nitrogens is 2. The Morgan fingerprint density at radius 2 is 1.91 bits per heavy atom. The molecule has 1 fully saturated rings. The zero-order valence-corrected chi connectivity index (χ0v) is 16.9. The molecule has 0 unspecified atom stereocenters. The summed E-state index contributed by atoms with van der Waals surface area (Å²) < 4.78 is 36.6. The minimum Gasteiger partial charge on any atom is -0.478 e. The quantitative estimate of drug-likeness (QED) is 0.292. The Morgan fingerprint density at radius 1 is 1.22 bits per heavy atom. The fraction of sp³-hybridized carbons (Fsp3) is 0.294. The van der Waals surface area contributed by atoms with E-state index in [4.69, 9.17) is 15.6 Å². The standard InChI is InChI=1S/C17H18N4O10S/c18-11-4-5-21(17(27)19-11)15-13(23)12(22)10(31-15)7-30-32(28,29)20-14(24)8-2-1-3-9(6-8)16(25)26/h1-6,10,12-13,15,22-23H,7H2,(H,20,24)(H,25,26)(H2,18,19,27)/t10-,12-,13-,15-/m1/s1. The number of nitrogens with zero attached hydrogens (tertiary/aromatic N) is 2. The summed E-state index contributed by atoms with van der Waals surface area (Å²) in [5.41, 5.74) is 4.04. The van der Waals surface area contributed by atoms with Crippen LogP contribution in [0.3, 0.4) is 0 Å². The lowest BCUT2D eigenvalue weighted by molar-refractivity contribution is -0.0509. The van der Waals surface area contributed by atoms with E-state index in [0.717, 1.165) is 10.6 Å². The molecule has 1 aromatic carbocycles. The van der Waals surface area contributed by atoms with E-state index in [9.17, 15) is 33.0 Å². The van der Waals surface area contributed by atoms with E-state index in [1.54, 1.807) is 4.72 Å². The Labute approximate surface area is 180 Å². The van der Waals surface area contributed by atoms with E-state index in [-0.39, 0.29) is 16.9 Å². The summed E-state index contributed by atoms with van der Waals surface area (Å²) in [6.45, 7) is -0.816. The molecule has 2 heterocycles. The fourth-order valence-electron chi connectivity index (χ4n) is 2.87. The fourth-order valence-corrected chi connectivity index (χ4v) is 3.59. The lowest BCUT2D eigenvalue weighted by Gasteiger charge is -2.16. The van der Waals surface area contributed by atoms with Gasteiger partial charge >= 0.3 is 22.0 Å². The van der Waals surface area contributed by atoms with Crippen molar-refractivity contribution in [2.75, 3.05) is 12.3 Å². The highest BCUT2D eigenvalue weighted by Crippen LogP contribution is 2.28. The number of hydrogen-bond acceptors (Lipinski definition) is 11. The number of hydrogen-bond donors (Lipinski definition) is 5. The van der Waals surface area contributed by atoms with Gasteiger partial charge in [0.25, 0.3) is 5.91 Å². The summed E-state index contributed by atoms with van der Waals surface area (Å²) in [6, 6.07) is 5.89. The minimum absolute atomic E-state index is 0.0742. The molecule has 1 saturated heterocycles. The van der Waals surface area contributed by atoms with Crippen molar-refractivity contribution in [3.8, 4) is 0 Å². The van der Waals surface area contributed by atoms with Crippen LogP contribution in [-0.2, 0) is 19.2 Å². The molecule has 32 heavy (non-hydrogen) atoms. The number of benzene rings is 1. The molecule has 15 heteroatoms. The SMILES string of the molecule is Nc1ccn([C@@H]2O[C@H](COS(=O)(=O)NC(=O)c3cccc(C(=O)O)c3)[C@@H](O)[C@H]2O)c(=O)n1. The molecule has 0 radical (unpaired) electrons. The topological polar surface area (TPSA) is 220 Å². The van der Waals surface area contributed by atoms with Crippen molar-refractivity contribution >= 4 is 28.0 Å². The molecule has 172 valence electrons. The highest BCUT2D eigenvalue weighted by molar-refractivity contribution is 7.85. The maximum Gasteiger partial charge on any atom is 0.362 e. The molecule has 1 aromatic heterocycles. The van der Waals surface area contributed by atoms with E-state index < -0.39 is 59.0 Å². The number of aliphatic hydroxyl groups is 2. The summed E-state index contributed by atoms with van der Waals surface area (Å²) in [6.07, 6.45) is -4.86. The monoisotopic (exact) mass is 470 g/mol. The number of carboxylic acid groups (broad SMARTS) is 1. The zero-order valence-electron chi connectivity index (χ0n) is 16.1. The maximum atomic E-state index is 12.1. The number of nitrogens with one attached hydrogen (secondary N) is 1. The molecule has 1 amide bonds. The van der Waals surface area contributed by atoms with Gasteiger partial charge in [0.05, 0.1) is 12.2 Å². The van der Waals surface area contributed by atoms with E-state index in [0.29, 0.717) is 0 Å². The molecule has 14 nitrogen and oxygen atoms in total. The van der Waals surface area contributed by atoms with Crippen LogP contribution in [0.4, 0.5) is 5.82 Å². The summed E-state index contributed by atoms with van der Waals surface area (Å²) >= 11 is 0. The third-order valence-corrected chi connectivity index (χ3v) is 5.32. The summed E-state index contributed by atoms with van der Waals surface area (Å²) in [4.78, 5) is 38.5. The van der Waals surface area contributed by atoms with Crippen LogP contribution in [0.2, 0.25) is 0 Å². The first-order valence-electron chi connectivity index (χ1n) is 8.89. The number of aliphatic hydroxyl groups excluding tert-OH is 2. The van der Waals surface area contributed by atoms with Crippen LogP contribution in [0.15, 0.2) is 41.3 Å². The van der Waals surface area contributed by atoms with Crippen molar-refractivity contribution in [2.24, 2.45) is 0 Å². The molecule has 2 aromatic rings. The van der Waals surface area contributed by atoms with Gasteiger partial charge in [-0.05, 0) is 24.3 Å². The first-order chi connectivity index (χ1) is 15.0. The van der Waals surface area contributed by atoms with Gasteiger partial charge in [-0.15, -0.1) is 0 Å². The molecule has 0 bridgehead atoms. The summed E-state index contributed by atoms with van der Waals surface area (Å²) in [5, 5.41) is 29.2. The van der Waals surface area contributed by atoms with Crippen LogP contribution in [0, 0.1) is 0 Å². The minimum atomic E-state index is -4.70. The van der Waals surface area contributed by atoms with Crippen LogP contribution in [0.1, 0.15) is 26.9 Å². The predicted molar refractivity (Wildman–Crippen MR) is 105 cm³/mol. The number of carbonyl (C=O) groups excluding carboxylic acids is 1. The lowest BCUT2D eigenvalue weighted by atomic mass is 10.1. The summed E-state index contributed by atoms with van der Waals surface area (Å²) in [7, 11) is -4.70. The molecule has 0 saturated carbocycles. The van der Waals surface area contributed by atoms with Crippen LogP contribution < -0.4 is 16.1 Å². The second kappa shape index (κ2) is 9.01. The normalized spacial score (nSPS) is 23.1. The van der Waals surface area contributed by atoms with Crippen molar-refractivity contribution in [3.05, 3.63) is 58.1 Å². The van der Waals surface area contributed by atoms with Crippen LogP contribution in [0.5, 0.6) is 0 Å². The highest BCUT2D eigenvalue weighted by atomic mass is 32.2. The number of aromatic carboxylic acids is 1. The first-order valence-corrected chi connectivity index (χ1v) is 10.3. The highest BCUT2D eigenvalue weighted by Gasteiger charge is 2.44. The number of carbonyl (C=O) groups is 2. The lowest BCUT2D eigenvalue weighted by Crippen LogP contribution is -2.38. The van der Waals surface area contributed by atoms with Gasteiger partial charge in [0, 0.05) is 11.8 Å². The molecule has 4 atom stereocenters. The Morgan fingerprint density at radius 3 is 2.56 bits per heavy atom. The van der Waals surface area contributed by atoms with Gasteiger partial charge in [-0.3, -0.25) is 13.5 Å². The van der Waals surface area contributed by atoms with Gasteiger partial charge in [-0.2, -0.15) is 13.4 Å². The number of nitrogens with two attached hydrogens (primary N) is 1. The van der Waals surface area contributed by atoms with E-state index >= 15 is 0 Å². The van der Waals surface area contributed by atoms with Gasteiger partial charge in [0.15, 0.2) is 6.23 Å². The second-order valence-electron chi connectivity index (χ2n) is 6.64. The third kappa shape index (κ3) is 5.09. The van der Waals surface area contributed by atoms with E-state index in [1.165, 1.54) is 30.5 Å². The average molecular weight is 470 g/mol. The predicted octanol–water partition coefficient (Wildman–Crippen LogP) is -2.17. The number of anilines is 1. The van der Waals surface area contributed by atoms with Crippen molar-refractivity contribution in [1.29, 1.82) is 0 Å². The van der Waals surface area contributed by atoms with Crippen molar-refractivity contribution < 1.29 is 42.2 Å². The molecule has 1 aliphatic heterocycles. The van der Waals surface area contributed by atoms with Gasteiger partial charge in [-0.1, -0.05) is 6.07 Å². The Hall–Kier alpha value is -3.37. The van der Waals surface area contributed by atoms with Crippen LogP contribution in [0.25, 0.3) is 0 Å². The van der Waals surface area contributed by atoms with Crippen LogP contribution >= 0.6 is 0 Å². The number of amides is 1. The van der Waals surface area contributed by atoms with Gasteiger partial charge < -0.3 is 25.8 Å². The smallest absolute Gasteiger partial charge is 0.362 e. The number of nitrogen functional groups attached to an aromatic ring is 1. The molecule has 1 aliphatic rings. The number of carboxylic acids is 1. The van der Waals surface area contributed by atoms with Crippen molar-refractivity contribution in [1.82, 2.24) is 14.3 Å². The van der Waals surface area contributed by atoms with Gasteiger partial charge in [0.2, 0.25) is 0 Å². The number of ether oxygens (including phenoxy) is 1. The molecule has 0 aliphatic carbocycles. The van der Waals surface area contributed by atoms with E-state index in [2.05, 4.69) is 9.17 Å². The largest absolute Gasteiger partial charge is 0.478 e. The summed E-state index contributed by atoms with van der Waals surface area (Å²) in [5.74, 6) is -2.54. The zero-order chi connectivity index (χ0) is 23.6. The first kappa shape index (κ1) is 23.3. The Balaban J connectivity index is 1.65. The molecular weight excluding hydrogens is 452 g/mol. The Bertz CT molecular complexity index is 1200. The van der Waals surface area contributed by atoms with Gasteiger partial charge in [-0.25, -0.2) is 14.3 Å². The molecular formula is C17H18N4O10S. The average Bonchev–Trinajstić information content (AvgIpc) is 3.00. The molecule has 6 N–H and O–H groups in total. The second-order valence-corrected chi connectivity index (χ2v) is 7.99. The molecule has 0 spiro atoms. The van der Waals surface area contributed by atoms with Crippen molar-refractivity contribution in [2.45, 2.75) is 24.5 Å². The Kier molecular flexibility index (Phi) is 6.56. The molecule has 3 rings (SSSR count). The van der Waals surface area contributed by atoms with Crippen molar-refractivity contribution in [3.63, 3.8) is 0 Å². The van der Waals surface area contributed by atoms with Crippen LogP contribution in [-0.4, -0.2) is 70.1 Å². The van der Waals surface area contributed by atoms with Gasteiger partial charge in [0.1, 0.15) is 24.1 Å². The van der Waals surface area contributed by atoms with E-state index in [1.807, 2.05) is 0 Å². The third-order valence-electron chi connectivity index (χ3n) is 4.44.